The minimum absolute atomic E-state index is 0.0540. The molecule has 2 fully saturated rings. The minimum atomic E-state index is -0.0540. The van der Waals surface area contributed by atoms with Crippen molar-refractivity contribution < 1.29 is 23.7 Å². The second kappa shape index (κ2) is 13.0. The molecule has 0 aromatic heterocycles. The molecule has 0 spiro atoms. The van der Waals surface area contributed by atoms with Gasteiger partial charge in [-0.3, -0.25) is 9.69 Å². The largest absolute Gasteiger partial charge is 0.493 e. The molecule has 0 aliphatic carbocycles. The summed E-state index contributed by atoms with van der Waals surface area (Å²) >= 11 is 0. The van der Waals surface area contributed by atoms with E-state index in [4.69, 9.17) is 18.9 Å². The van der Waals surface area contributed by atoms with Crippen molar-refractivity contribution in [2.75, 3.05) is 61.2 Å². The molecule has 2 heterocycles. The average molecular weight is 512 g/mol. The molecule has 0 unspecified atom stereocenters. The molecule has 2 aliphatic heterocycles. The quantitative estimate of drug-likeness (QED) is 0.495. The van der Waals surface area contributed by atoms with Gasteiger partial charge >= 0.3 is 0 Å². The lowest BCUT2D eigenvalue weighted by atomic mass is 9.87. The van der Waals surface area contributed by atoms with Crippen molar-refractivity contribution in [3.05, 3.63) is 47.5 Å². The molecule has 8 heteroatoms. The number of benzene rings is 2. The fourth-order valence-electron chi connectivity index (χ4n) is 5.65. The Morgan fingerprint density at radius 1 is 0.811 bits per heavy atom. The lowest BCUT2D eigenvalue weighted by Crippen LogP contribution is -2.48. The first-order valence-electron chi connectivity index (χ1n) is 13.2. The molecule has 0 saturated carbocycles. The maximum Gasteiger partial charge on any atom is 0.224 e. The lowest BCUT2D eigenvalue weighted by molar-refractivity contribution is -0.127. The van der Waals surface area contributed by atoms with E-state index in [1.807, 2.05) is 30.3 Å². The molecule has 0 radical (unpaired) electrons. The summed E-state index contributed by atoms with van der Waals surface area (Å²) in [7, 11) is 6.55. The zero-order valence-electron chi connectivity index (χ0n) is 22.6. The van der Waals surface area contributed by atoms with Crippen LogP contribution in [0.1, 0.15) is 30.4 Å². The highest BCUT2D eigenvalue weighted by molar-refractivity contribution is 5.79. The van der Waals surface area contributed by atoms with Crippen LogP contribution >= 0.6 is 0 Å². The fraction of sp³-hybridized carbons (Fsp3) is 0.552. The Labute approximate surface area is 220 Å². The molecule has 0 bridgehead atoms. The van der Waals surface area contributed by atoms with Gasteiger partial charge in [0.25, 0.3) is 0 Å². The van der Waals surface area contributed by atoms with E-state index in [2.05, 4.69) is 21.2 Å². The monoisotopic (exact) mass is 511 g/mol. The van der Waals surface area contributed by atoms with Crippen molar-refractivity contribution in [2.24, 2.45) is 11.8 Å². The predicted octanol–water partition coefficient (Wildman–Crippen LogP) is 3.57. The highest BCUT2D eigenvalue weighted by atomic mass is 16.5. The zero-order chi connectivity index (χ0) is 26.2. The average Bonchev–Trinajstić information content (AvgIpc) is 3.44. The predicted molar refractivity (Wildman–Crippen MR) is 143 cm³/mol. The highest BCUT2D eigenvalue weighted by Crippen LogP contribution is 2.31. The van der Waals surface area contributed by atoms with Gasteiger partial charge in [-0.05, 0) is 73.7 Å². The number of piperidine rings is 1. The van der Waals surface area contributed by atoms with Crippen LogP contribution in [-0.2, 0) is 17.9 Å². The van der Waals surface area contributed by atoms with Crippen molar-refractivity contribution in [3.63, 3.8) is 0 Å². The van der Waals surface area contributed by atoms with Crippen LogP contribution in [0.25, 0.3) is 0 Å². The molecule has 37 heavy (non-hydrogen) atoms. The first-order valence-corrected chi connectivity index (χ1v) is 13.2. The standard InChI is InChI=1S/C29H41N3O5/c1-34-25-9-7-21(14-27(25)36-3)16-30-29(33)24-13-23(18-31-11-5-6-12-31)19-32(20-24)17-22-8-10-26(35-2)28(15-22)37-4/h7-10,14-15,23-24H,5-6,11-13,16-20H2,1-4H3,(H,30,33)/t23-,24-/m1/s1. The van der Waals surface area contributed by atoms with Crippen LogP contribution in [0.4, 0.5) is 0 Å². The summed E-state index contributed by atoms with van der Waals surface area (Å²) in [6, 6.07) is 11.8. The minimum Gasteiger partial charge on any atom is -0.493 e. The van der Waals surface area contributed by atoms with Crippen molar-refractivity contribution in [3.8, 4) is 23.0 Å². The number of rotatable bonds is 11. The molecule has 2 aromatic rings. The first kappa shape index (κ1) is 27.1. The summed E-state index contributed by atoms with van der Waals surface area (Å²) in [5.41, 5.74) is 2.14. The van der Waals surface area contributed by atoms with E-state index in [-0.39, 0.29) is 11.8 Å². The van der Waals surface area contributed by atoms with Gasteiger partial charge in [0.1, 0.15) is 0 Å². The molecule has 8 nitrogen and oxygen atoms in total. The Bertz CT molecular complexity index is 1040. The zero-order valence-corrected chi connectivity index (χ0v) is 22.6. The Hall–Kier alpha value is -2.97. The van der Waals surface area contributed by atoms with Gasteiger partial charge < -0.3 is 29.2 Å². The van der Waals surface area contributed by atoms with E-state index in [9.17, 15) is 4.79 Å². The topological polar surface area (TPSA) is 72.5 Å². The highest BCUT2D eigenvalue weighted by Gasteiger charge is 2.33. The van der Waals surface area contributed by atoms with E-state index < -0.39 is 0 Å². The number of methoxy groups -OCH3 is 4. The maximum absolute atomic E-state index is 13.4. The number of nitrogens with zero attached hydrogens (tertiary/aromatic N) is 2. The number of hydrogen-bond donors (Lipinski definition) is 1. The summed E-state index contributed by atoms with van der Waals surface area (Å²) < 4.78 is 21.7. The Morgan fingerprint density at radius 2 is 1.41 bits per heavy atom. The lowest BCUT2D eigenvalue weighted by Gasteiger charge is -2.38. The Balaban J connectivity index is 1.43. The summed E-state index contributed by atoms with van der Waals surface area (Å²) in [6.45, 7) is 6.36. The third-order valence-electron chi connectivity index (χ3n) is 7.47. The summed E-state index contributed by atoms with van der Waals surface area (Å²) in [4.78, 5) is 18.4. The van der Waals surface area contributed by atoms with Gasteiger partial charge in [-0.15, -0.1) is 0 Å². The molecule has 2 saturated heterocycles. The maximum atomic E-state index is 13.4. The Kier molecular flexibility index (Phi) is 9.52. The smallest absolute Gasteiger partial charge is 0.224 e. The van der Waals surface area contributed by atoms with Crippen molar-refractivity contribution in [1.29, 1.82) is 0 Å². The van der Waals surface area contributed by atoms with Crippen molar-refractivity contribution in [2.45, 2.75) is 32.4 Å². The van der Waals surface area contributed by atoms with Crippen LogP contribution in [0.15, 0.2) is 36.4 Å². The third-order valence-corrected chi connectivity index (χ3v) is 7.47. The van der Waals surface area contributed by atoms with Crippen LogP contribution < -0.4 is 24.3 Å². The molecule has 2 aliphatic rings. The number of amides is 1. The van der Waals surface area contributed by atoms with Crippen LogP contribution in [0, 0.1) is 11.8 Å². The van der Waals surface area contributed by atoms with Gasteiger partial charge in [0, 0.05) is 32.7 Å². The molecule has 1 N–H and O–H groups in total. The van der Waals surface area contributed by atoms with Gasteiger partial charge in [-0.2, -0.15) is 0 Å². The van der Waals surface area contributed by atoms with Gasteiger partial charge in [-0.25, -0.2) is 0 Å². The van der Waals surface area contributed by atoms with Crippen LogP contribution in [0.2, 0.25) is 0 Å². The molecule has 4 rings (SSSR count). The third kappa shape index (κ3) is 7.08. The van der Waals surface area contributed by atoms with Crippen LogP contribution in [0.5, 0.6) is 23.0 Å². The first-order chi connectivity index (χ1) is 18.0. The Morgan fingerprint density at radius 3 is 2.03 bits per heavy atom. The molecule has 1 amide bonds. The number of nitrogens with one attached hydrogen (secondary N) is 1. The number of likely N-dealkylation sites (tertiary alicyclic amines) is 2. The number of hydrogen-bond acceptors (Lipinski definition) is 7. The van der Waals surface area contributed by atoms with Crippen molar-refractivity contribution >= 4 is 5.91 Å². The molecule has 2 aromatic carbocycles. The van der Waals surface area contributed by atoms with Gasteiger partial charge in [0.15, 0.2) is 23.0 Å². The van der Waals surface area contributed by atoms with E-state index in [1.54, 1.807) is 28.4 Å². The molecular weight excluding hydrogens is 470 g/mol. The summed E-state index contributed by atoms with van der Waals surface area (Å²) in [6.07, 6.45) is 3.46. The van der Waals surface area contributed by atoms with Gasteiger partial charge in [0.05, 0.1) is 34.4 Å². The number of carbonyl (C=O) groups excluding carboxylic acids is 1. The van der Waals surface area contributed by atoms with E-state index in [1.165, 1.54) is 25.9 Å². The summed E-state index contributed by atoms with van der Waals surface area (Å²) in [5, 5.41) is 3.18. The van der Waals surface area contributed by atoms with Crippen molar-refractivity contribution in [1.82, 2.24) is 15.1 Å². The molecule has 2 atom stereocenters. The van der Waals surface area contributed by atoms with Gasteiger partial charge in [-0.1, -0.05) is 12.1 Å². The number of carbonyl (C=O) groups is 1. The van der Waals surface area contributed by atoms with Gasteiger partial charge in [0.2, 0.25) is 5.91 Å². The van der Waals surface area contributed by atoms with E-state index in [0.717, 1.165) is 55.2 Å². The molecule has 202 valence electrons. The van der Waals surface area contributed by atoms with Crippen LogP contribution in [-0.4, -0.2) is 76.9 Å². The fourth-order valence-corrected chi connectivity index (χ4v) is 5.65. The summed E-state index contributed by atoms with van der Waals surface area (Å²) in [5.74, 6) is 3.32. The SMILES string of the molecule is COc1ccc(CNC(=O)[C@@H]2C[C@H](CN3CCCC3)CN(Cc3ccc(OC)c(OC)c3)C2)cc1OC. The second-order valence-corrected chi connectivity index (χ2v) is 10.1. The van der Waals surface area contributed by atoms with E-state index >= 15 is 0 Å². The van der Waals surface area contributed by atoms with E-state index in [0.29, 0.717) is 24.0 Å². The number of ether oxygens (including phenoxy) is 4. The second-order valence-electron chi connectivity index (χ2n) is 10.1. The van der Waals surface area contributed by atoms with Crippen LogP contribution in [0.3, 0.4) is 0 Å². The normalized spacial score (nSPS) is 20.4. The molecular formula is C29H41N3O5.